The molecular formula is C29H28F2N4O3. The third-order valence-electron chi connectivity index (χ3n) is 6.93. The van der Waals surface area contributed by atoms with Crippen molar-refractivity contribution >= 4 is 22.5 Å². The number of ether oxygens (including phenoxy) is 1. The summed E-state index contributed by atoms with van der Waals surface area (Å²) in [6, 6.07) is 16.3. The zero-order chi connectivity index (χ0) is 26.7. The first-order chi connectivity index (χ1) is 18.3. The first kappa shape index (κ1) is 25.5. The molecule has 38 heavy (non-hydrogen) atoms. The molecule has 196 valence electrons. The maximum atomic E-state index is 14.0. The van der Waals surface area contributed by atoms with E-state index >= 15 is 0 Å². The van der Waals surface area contributed by atoms with Crippen molar-refractivity contribution in [3.63, 3.8) is 0 Å². The van der Waals surface area contributed by atoms with Gasteiger partial charge in [0, 0.05) is 53.7 Å². The molecule has 0 aliphatic carbocycles. The number of fused-ring (bicyclic) bond motifs is 1. The van der Waals surface area contributed by atoms with E-state index in [1.165, 1.54) is 12.1 Å². The Balaban J connectivity index is 1.13. The highest BCUT2D eigenvalue weighted by molar-refractivity contribution is 5.94. The van der Waals surface area contributed by atoms with Crippen LogP contribution >= 0.6 is 0 Å². The van der Waals surface area contributed by atoms with Crippen LogP contribution in [0.25, 0.3) is 10.9 Å². The number of aromatic nitrogens is 2. The van der Waals surface area contributed by atoms with E-state index in [1.54, 1.807) is 54.4 Å². The van der Waals surface area contributed by atoms with Crippen LogP contribution in [0.5, 0.6) is 5.75 Å². The number of nitrogens with one attached hydrogen (secondary N) is 1. The number of rotatable bonds is 7. The molecule has 5 rings (SSSR count). The molecule has 1 saturated heterocycles. The molecule has 9 heteroatoms. The van der Waals surface area contributed by atoms with Gasteiger partial charge in [-0.15, -0.1) is 0 Å². The zero-order valence-electron chi connectivity index (χ0n) is 21.0. The lowest BCUT2D eigenvalue weighted by atomic mass is 9.83. The van der Waals surface area contributed by atoms with Gasteiger partial charge in [-0.1, -0.05) is 0 Å². The third-order valence-corrected chi connectivity index (χ3v) is 6.93. The van der Waals surface area contributed by atoms with Crippen molar-refractivity contribution in [3.05, 3.63) is 95.4 Å². The number of benzene rings is 2. The zero-order valence-corrected chi connectivity index (χ0v) is 21.0. The Morgan fingerprint density at radius 1 is 1.08 bits per heavy atom. The van der Waals surface area contributed by atoms with Crippen molar-refractivity contribution in [2.45, 2.75) is 25.4 Å². The van der Waals surface area contributed by atoms with Gasteiger partial charge in [0.15, 0.2) is 0 Å². The van der Waals surface area contributed by atoms with Crippen molar-refractivity contribution in [1.29, 1.82) is 0 Å². The molecule has 2 N–H and O–H groups in total. The van der Waals surface area contributed by atoms with Crippen LogP contribution in [0, 0.1) is 18.7 Å². The highest BCUT2D eigenvalue weighted by Gasteiger charge is 2.37. The lowest BCUT2D eigenvalue weighted by molar-refractivity contribution is -0.0219. The molecule has 7 nitrogen and oxygen atoms in total. The molecule has 1 aliphatic heterocycles. The third kappa shape index (κ3) is 5.28. The number of carbonyl (C=O) groups excluding carboxylic acids is 1. The van der Waals surface area contributed by atoms with E-state index in [1.807, 2.05) is 12.1 Å². The van der Waals surface area contributed by atoms with E-state index in [2.05, 4.69) is 15.3 Å². The molecule has 0 radical (unpaired) electrons. The lowest BCUT2D eigenvalue weighted by Crippen LogP contribution is -2.45. The van der Waals surface area contributed by atoms with Gasteiger partial charge in [-0.3, -0.25) is 9.78 Å². The number of carbonyl (C=O) groups is 1. The monoisotopic (exact) mass is 518 g/mol. The number of nitrogens with zero attached hydrogens (tertiary/aromatic N) is 3. The van der Waals surface area contributed by atoms with E-state index in [9.17, 15) is 18.7 Å². The van der Waals surface area contributed by atoms with E-state index in [-0.39, 0.29) is 11.7 Å². The first-order valence-corrected chi connectivity index (χ1v) is 12.5. The van der Waals surface area contributed by atoms with Gasteiger partial charge in [0.1, 0.15) is 23.7 Å². The summed E-state index contributed by atoms with van der Waals surface area (Å²) in [5, 5.41) is 14.8. The van der Waals surface area contributed by atoms with E-state index in [4.69, 9.17) is 4.74 Å². The molecule has 2 aromatic carbocycles. The number of pyridine rings is 2. The maximum Gasteiger partial charge on any atom is 0.253 e. The summed E-state index contributed by atoms with van der Waals surface area (Å²) in [7, 11) is 0. The Labute approximate surface area is 219 Å². The van der Waals surface area contributed by atoms with Crippen molar-refractivity contribution in [2.75, 3.05) is 31.6 Å². The van der Waals surface area contributed by atoms with Gasteiger partial charge in [0.25, 0.3) is 5.91 Å². The molecule has 1 aliphatic rings. The van der Waals surface area contributed by atoms with Gasteiger partial charge >= 0.3 is 0 Å². The van der Waals surface area contributed by atoms with Crippen molar-refractivity contribution in [3.8, 4) is 5.75 Å². The SMILES string of the molecule is Cc1nc(F)ccc1C1(O)CCN(C(=O)c2ccc(NCCOc3ccc(F)c4cccnc34)cc2)CC1. The minimum Gasteiger partial charge on any atom is -0.489 e. The van der Waals surface area contributed by atoms with E-state index in [0.717, 1.165) is 5.69 Å². The molecule has 2 aromatic heterocycles. The Bertz CT molecular complexity index is 1450. The predicted octanol–water partition coefficient (Wildman–Crippen LogP) is 4.83. The summed E-state index contributed by atoms with van der Waals surface area (Å²) in [5.41, 5.74) is 1.81. The van der Waals surface area contributed by atoms with Gasteiger partial charge in [0.2, 0.25) is 5.95 Å². The fraction of sp³-hybridized carbons (Fsp3) is 0.276. The number of hydrogen-bond acceptors (Lipinski definition) is 6. The van der Waals surface area contributed by atoms with Crippen LogP contribution in [0.3, 0.4) is 0 Å². The fourth-order valence-electron chi connectivity index (χ4n) is 4.87. The number of anilines is 1. The van der Waals surface area contributed by atoms with Gasteiger partial charge in [-0.05, 0) is 80.4 Å². The summed E-state index contributed by atoms with van der Waals surface area (Å²) in [6.07, 6.45) is 2.31. The predicted molar refractivity (Wildman–Crippen MR) is 140 cm³/mol. The number of amides is 1. The average Bonchev–Trinajstić information content (AvgIpc) is 2.92. The summed E-state index contributed by atoms with van der Waals surface area (Å²) in [4.78, 5) is 22.8. The molecule has 1 fully saturated rings. The van der Waals surface area contributed by atoms with E-state index in [0.29, 0.717) is 72.6 Å². The van der Waals surface area contributed by atoms with Crippen molar-refractivity contribution in [2.24, 2.45) is 0 Å². The van der Waals surface area contributed by atoms with Crippen LogP contribution in [0.15, 0.2) is 66.9 Å². The quantitative estimate of drug-likeness (QED) is 0.269. The summed E-state index contributed by atoms with van der Waals surface area (Å²) >= 11 is 0. The Morgan fingerprint density at radius 3 is 2.58 bits per heavy atom. The second-order valence-corrected chi connectivity index (χ2v) is 9.39. The normalized spacial score (nSPS) is 14.9. The summed E-state index contributed by atoms with van der Waals surface area (Å²) in [5.74, 6) is -0.504. The van der Waals surface area contributed by atoms with Crippen molar-refractivity contribution < 1.29 is 23.4 Å². The van der Waals surface area contributed by atoms with Crippen LogP contribution in [0.4, 0.5) is 14.5 Å². The van der Waals surface area contributed by atoms with Gasteiger partial charge in [0.05, 0.1) is 5.60 Å². The minimum atomic E-state index is -1.13. The van der Waals surface area contributed by atoms with E-state index < -0.39 is 11.5 Å². The molecule has 0 unspecified atom stereocenters. The Hall–Kier alpha value is -4.11. The number of piperidine rings is 1. The highest BCUT2D eigenvalue weighted by Crippen LogP contribution is 2.34. The van der Waals surface area contributed by atoms with Crippen LogP contribution in [0.2, 0.25) is 0 Å². The van der Waals surface area contributed by atoms with Crippen LogP contribution in [0.1, 0.15) is 34.5 Å². The number of likely N-dealkylation sites (tertiary alicyclic amines) is 1. The van der Waals surface area contributed by atoms with Crippen LogP contribution < -0.4 is 10.1 Å². The molecule has 0 saturated carbocycles. The van der Waals surface area contributed by atoms with Crippen molar-refractivity contribution in [1.82, 2.24) is 14.9 Å². The molecule has 4 aromatic rings. The number of aryl methyl sites for hydroxylation is 1. The minimum absolute atomic E-state index is 0.105. The number of aliphatic hydroxyl groups is 1. The summed E-state index contributed by atoms with van der Waals surface area (Å²) in [6.45, 7) is 3.30. The largest absolute Gasteiger partial charge is 0.489 e. The fourth-order valence-corrected chi connectivity index (χ4v) is 4.87. The van der Waals surface area contributed by atoms with Gasteiger partial charge in [-0.2, -0.15) is 4.39 Å². The molecule has 0 bridgehead atoms. The van der Waals surface area contributed by atoms with Crippen LogP contribution in [-0.4, -0.2) is 52.1 Å². The summed E-state index contributed by atoms with van der Waals surface area (Å²) < 4.78 is 33.1. The highest BCUT2D eigenvalue weighted by atomic mass is 19.1. The lowest BCUT2D eigenvalue weighted by Gasteiger charge is -2.39. The second-order valence-electron chi connectivity index (χ2n) is 9.39. The smallest absolute Gasteiger partial charge is 0.253 e. The second kappa shape index (κ2) is 10.7. The Kier molecular flexibility index (Phi) is 7.20. The maximum absolute atomic E-state index is 14.0. The number of halogens is 2. The van der Waals surface area contributed by atoms with Gasteiger partial charge in [-0.25, -0.2) is 9.37 Å². The molecule has 0 atom stereocenters. The topological polar surface area (TPSA) is 87.6 Å². The first-order valence-electron chi connectivity index (χ1n) is 12.5. The average molecular weight is 519 g/mol. The standard InChI is InChI=1S/C29H28F2N4O3/c1-19-23(8-11-26(31)34-19)29(37)12-16-35(17-13-29)28(36)20-4-6-21(7-5-20)32-15-18-38-25-10-9-24(30)22-3-2-14-33-27(22)25/h2-11,14,32,37H,12-13,15-18H2,1H3. The molecule has 3 heterocycles. The Morgan fingerprint density at radius 2 is 1.84 bits per heavy atom. The number of hydrogen-bond donors (Lipinski definition) is 2. The van der Waals surface area contributed by atoms with Gasteiger partial charge < -0.3 is 20.1 Å². The molecule has 0 spiro atoms. The molecule has 1 amide bonds. The molecular weight excluding hydrogens is 490 g/mol. The van der Waals surface area contributed by atoms with Crippen LogP contribution in [-0.2, 0) is 5.60 Å².